The van der Waals surface area contributed by atoms with E-state index in [4.69, 9.17) is 9.15 Å². The van der Waals surface area contributed by atoms with Crippen LogP contribution in [-0.2, 0) is 25.7 Å². The van der Waals surface area contributed by atoms with Crippen LogP contribution in [0.15, 0.2) is 27.4 Å². The fourth-order valence-corrected chi connectivity index (χ4v) is 4.32. The average Bonchev–Trinajstić information content (AvgIpc) is 2.93. The first-order valence-corrected chi connectivity index (χ1v) is 9.90. The second-order valence-electron chi connectivity index (χ2n) is 7.94. The molecule has 1 aromatic heterocycles. The molecule has 0 unspecified atom stereocenters. The van der Waals surface area contributed by atoms with Crippen molar-refractivity contribution in [1.82, 2.24) is 4.90 Å². The molecule has 1 saturated heterocycles. The maximum absolute atomic E-state index is 12.5. The van der Waals surface area contributed by atoms with E-state index in [0.29, 0.717) is 29.4 Å². The number of amides is 2. The fourth-order valence-electron chi connectivity index (χ4n) is 4.32. The molecule has 2 fully saturated rings. The maximum Gasteiger partial charge on any atom is 0.336 e. The van der Waals surface area contributed by atoms with E-state index < -0.39 is 11.6 Å². The molecule has 2 amide bonds. The standard InChI is InChI=1S/C22H23NO6/c1-12-7-17-14(9-19(24)29-18(17)8-13(12)2)11-28-20(25)10-23-21(26)15-5-3-4-6-16(15)22(23)27/h7-9,15-16H,3-6,10-11H2,1-2H3/t15-,16-/m0/s1. The molecule has 0 radical (unpaired) electrons. The summed E-state index contributed by atoms with van der Waals surface area (Å²) in [6.45, 7) is 3.34. The van der Waals surface area contributed by atoms with E-state index in [1.54, 1.807) is 6.07 Å². The van der Waals surface area contributed by atoms with Crippen molar-refractivity contribution in [2.75, 3.05) is 6.54 Å². The quantitative estimate of drug-likeness (QED) is 0.447. The van der Waals surface area contributed by atoms with Crippen molar-refractivity contribution < 1.29 is 23.5 Å². The molecule has 2 aromatic rings. The number of rotatable bonds is 4. The molecule has 2 heterocycles. The third kappa shape index (κ3) is 3.57. The van der Waals surface area contributed by atoms with Crippen molar-refractivity contribution in [2.24, 2.45) is 11.8 Å². The monoisotopic (exact) mass is 397 g/mol. The van der Waals surface area contributed by atoms with Crippen LogP contribution in [-0.4, -0.2) is 29.2 Å². The van der Waals surface area contributed by atoms with E-state index in [1.807, 2.05) is 19.9 Å². The molecule has 1 aromatic carbocycles. The summed E-state index contributed by atoms with van der Waals surface area (Å²) in [4.78, 5) is 50.2. The molecule has 152 valence electrons. The van der Waals surface area contributed by atoms with E-state index in [0.717, 1.165) is 28.9 Å². The number of imide groups is 1. The topological polar surface area (TPSA) is 93.9 Å². The van der Waals surface area contributed by atoms with Crippen molar-refractivity contribution >= 4 is 28.8 Å². The van der Waals surface area contributed by atoms with Crippen LogP contribution in [0.3, 0.4) is 0 Å². The van der Waals surface area contributed by atoms with Gasteiger partial charge in [0.2, 0.25) is 11.8 Å². The summed E-state index contributed by atoms with van der Waals surface area (Å²) in [7, 11) is 0. The Hall–Kier alpha value is -2.96. The summed E-state index contributed by atoms with van der Waals surface area (Å²) < 4.78 is 10.5. The van der Waals surface area contributed by atoms with Gasteiger partial charge in [0.25, 0.3) is 0 Å². The van der Waals surface area contributed by atoms with Crippen LogP contribution in [0.2, 0.25) is 0 Å². The van der Waals surface area contributed by atoms with E-state index in [-0.39, 0.29) is 36.8 Å². The first-order chi connectivity index (χ1) is 13.8. The van der Waals surface area contributed by atoms with Gasteiger partial charge >= 0.3 is 11.6 Å². The van der Waals surface area contributed by atoms with Gasteiger partial charge in [0, 0.05) is 17.0 Å². The first kappa shape index (κ1) is 19.4. The lowest BCUT2D eigenvalue weighted by atomic mass is 9.81. The maximum atomic E-state index is 12.5. The molecular weight excluding hydrogens is 374 g/mol. The number of aryl methyl sites for hydroxylation is 2. The predicted molar refractivity (Wildman–Crippen MR) is 104 cm³/mol. The Morgan fingerprint density at radius 3 is 2.31 bits per heavy atom. The molecule has 7 nitrogen and oxygen atoms in total. The number of hydrogen-bond acceptors (Lipinski definition) is 6. The van der Waals surface area contributed by atoms with Crippen molar-refractivity contribution in [3.8, 4) is 0 Å². The minimum Gasteiger partial charge on any atom is -0.459 e. The van der Waals surface area contributed by atoms with Crippen LogP contribution in [0.5, 0.6) is 0 Å². The second-order valence-corrected chi connectivity index (χ2v) is 7.94. The van der Waals surface area contributed by atoms with Crippen LogP contribution < -0.4 is 5.63 Å². The minimum absolute atomic E-state index is 0.132. The Morgan fingerprint density at radius 2 is 1.66 bits per heavy atom. The van der Waals surface area contributed by atoms with Crippen molar-refractivity contribution in [1.29, 1.82) is 0 Å². The first-order valence-electron chi connectivity index (χ1n) is 9.90. The third-order valence-electron chi connectivity index (χ3n) is 6.05. The zero-order valence-corrected chi connectivity index (χ0v) is 16.5. The summed E-state index contributed by atoms with van der Waals surface area (Å²) in [5.74, 6) is -1.80. The number of nitrogens with zero attached hydrogens (tertiary/aromatic N) is 1. The van der Waals surface area contributed by atoms with Crippen LogP contribution >= 0.6 is 0 Å². The molecule has 29 heavy (non-hydrogen) atoms. The van der Waals surface area contributed by atoms with Gasteiger partial charge in [0.1, 0.15) is 18.7 Å². The molecule has 4 rings (SSSR count). The SMILES string of the molecule is Cc1cc2oc(=O)cc(COC(=O)CN3C(=O)[C@H]4CCCC[C@@H]4C3=O)c2cc1C. The van der Waals surface area contributed by atoms with Crippen LogP contribution in [0.25, 0.3) is 11.0 Å². The highest BCUT2D eigenvalue weighted by Crippen LogP contribution is 2.37. The molecule has 0 spiro atoms. The molecular formula is C22H23NO6. The van der Waals surface area contributed by atoms with Gasteiger partial charge in [-0.05, 0) is 49.9 Å². The van der Waals surface area contributed by atoms with E-state index >= 15 is 0 Å². The van der Waals surface area contributed by atoms with Crippen LogP contribution in [0.4, 0.5) is 0 Å². The van der Waals surface area contributed by atoms with Crippen LogP contribution in [0.1, 0.15) is 42.4 Å². The van der Waals surface area contributed by atoms with Gasteiger partial charge in [0.05, 0.1) is 11.8 Å². The van der Waals surface area contributed by atoms with Gasteiger partial charge in [-0.15, -0.1) is 0 Å². The van der Waals surface area contributed by atoms with Gasteiger partial charge in [-0.3, -0.25) is 19.3 Å². The Balaban J connectivity index is 1.48. The largest absolute Gasteiger partial charge is 0.459 e. The van der Waals surface area contributed by atoms with E-state index in [2.05, 4.69) is 0 Å². The Bertz CT molecular complexity index is 1040. The molecule has 2 atom stereocenters. The second kappa shape index (κ2) is 7.46. The summed E-state index contributed by atoms with van der Waals surface area (Å²) in [6.07, 6.45) is 3.26. The number of ether oxygens (including phenoxy) is 1. The molecule has 1 aliphatic carbocycles. The predicted octanol–water partition coefficient (Wildman–Crippen LogP) is 2.63. The zero-order chi connectivity index (χ0) is 20.7. The molecule has 7 heteroatoms. The molecule has 0 N–H and O–H groups in total. The summed E-state index contributed by atoms with van der Waals surface area (Å²) in [5, 5.41) is 0.694. The summed E-state index contributed by atoms with van der Waals surface area (Å²) in [6, 6.07) is 4.96. The Kier molecular flexibility index (Phi) is 4.98. The van der Waals surface area contributed by atoms with Crippen LogP contribution in [0, 0.1) is 25.7 Å². The van der Waals surface area contributed by atoms with Gasteiger partial charge in [-0.25, -0.2) is 4.79 Å². The van der Waals surface area contributed by atoms with Gasteiger partial charge in [-0.1, -0.05) is 12.8 Å². The van der Waals surface area contributed by atoms with Gasteiger partial charge < -0.3 is 9.15 Å². The van der Waals surface area contributed by atoms with Crippen molar-refractivity contribution in [2.45, 2.75) is 46.1 Å². The molecule has 2 aliphatic rings. The number of fused-ring (bicyclic) bond motifs is 2. The van der Waals surface area contributed by atoms with Crippen molar-refractivity contribution in [3.05, 3.63) is 45.3 Å². The summed E-state index contributed by atoms with van der Waals surface area (Å²) >= 11 is 0. The highest BCUT2D eigenvalue weighted by molar-refractivity contribution is 6.07. The minimum atomic E-state index is -0.671. The Labute approximate surface area is 167 Å². The Morgan fingerprint density at radius 1 is 1.03 bits per heavy atom. The molecule has 1 saturated carbocycles. The molecule has 1 aliphatic heterocycles. The van der Waals surface area contributed by atoms with Gasteiger partial charge in [0.15, 0.2) is 0 Å². The third-order valence-corrected chi connectivity index (χ3v) is 6.05. The number of benzene rings is 1. The summed E-state index contributed by atoms with van der Waals surface area (Å²) in [5.41, 5.74) is 2.44. The van der Waals surface area contributed by atoms with E-state index in [1.165, 1.54) is 6.07 Å². The normalized spacial score (nSPS) is 21.5. The highest BCUT2D eigenvalue weighted by atomic mass is 16.5. The lowest BCUT2D eigenvalue weighted by molar-refractivity contribution is -0.153. The number of esters is 1. The number of carbonyl (C=O) groups is 3. The van der Waals surface area contributed by atoms with Crippen molar-refractivity contribution in [3.63, 3.8) is 0 Å². The van der Waals surface area contributed by atoms with E-state index in [9.17, 15) is 19.2 Å². The number of hydrogen-bond donors (Lipinski definition) is 0. The highest BCUT2D eigenvalue weighted by Gasteiger charge is 2.48. The zero-order valence-electron chi connectivity index (χ0n) is 16.5. The van der Waals surface area contributed by atoms with Gasteiger partial charge in [-0.2, -0.15) is 0 Å². The number of likely N-dealkylation sites (tertiary alicyclic amines) is 1. The smallest absolute Gasteiger partial charge is 0.336 e. The lowest BCUT2D eigenvalue weighted by Gasteiger charge is -2.19. The lowest BCUT2D eigenvalue weighted by Crippen LogP contribution is -2.36. The molecule has 0 bridgehead atoms. The average molecular weight is 397 g/mol. The number of carbonyl (C=O) groups excluding carboxylic acids is 3. The fraction of sp³-hybridized carbons (Fsp3) is 0.455.